The zero-order valence-corrected chi connectivity index (χ0v) is 10.4. The quantitative estimate of drug-likeness (QED) is 0.759. The molecule has 5 heteroatoms. The largest absolute Gasteiger partial charge is 0.381 e. The van der Waals surface area contributed by atoms with Crippen molar-refractivity contribution in [2.45, 2.75) is 19.3 Å². The van der Waals surface area contributed by atoms with Crippen molar-refractivity contribution in [1.82, 2.24) is 14.6 Å². The topological polar surface area (TPSA) is 51.5 Å². The van der Waals surface area contributed by atoms with Gasteiger partial charge < -0.3 is 10.1 Å². The lowest BCUT2D eigenvalue weighted by Gasteiger charge is -2.07. The molecular weight excluding hydrogens is 228 g/mol. The van der Waals surface area contributed by atoms with Crippen LogP contribution in [0.25, 0.3) is 5.52 Å². The SMILES string of the molecule is c1cn2nccc2c(NCCCOCC2CC2)n1. The van der Waals surface area contributed by atoms with Crippen LogP contribution in [0, 0.1) is 5.92 Å². The van der Waals surface area contributed by atoms with Gasteiger partial charge in [0.1, 0.15) is 5.52 Å². The highest BCUT2D eigenvalue weighted by atomic mass is 16.5. The summed E-state index contributed by atoms with van der Waals surface area (Å²) in [6.45, 7) is 2.64. The van der Waals surface area contributed by atoms with Gasteiger partial charge in [0.25, 0.3) is 0 Å². The van der Waals surface area contributed by atoms with Gasteiger partial charge in [0.05, 0.1) is 6.20 Å². The second-order valence-corrected chi connectivity index (χ2v) is 4.74. The van der Waals surface area contributed by atoms with E-state index >= 15 is 0 Å². The van der Waals surface area contributed by atoms with Crippen LogP contribution in [0.1, 0.15) is 19.3 Å². The fraction of sp³-hybridized carbons (Fsp3) is 0.538. The van der Waals surface area contributed by atoms with Crippen molar-refractivity contribution in [3.05, 3.63) is 24.7 Å². The van der Waals surface area contributed by atoms with Crippen molar-refractivity contribution in [2.75, 3.05) is 25.1 Å². The van der Waals surface area contributed by atoms with Gasteiger partial charge in [-0.2, -0.15) is 5.10 Å². The van der Waals surface area contributed by atoms with E-state index in [4.69, 9.17) is 4.74 Å². The van der Waals surface area contributed by atoms with Gasteiger partial charge >= 0.3 is 0 Å². The molecule has 1 aliphatic rings. The fourth-order valence-corrected chi connectivity index (χ4v) is 1.91. The number of ether oxygens (including phenoxy) is 1. The fourth-order valence-electron chi connectivity index (χ4n) is 1.91. The number of aromatic nitrogens is 3. The Bertz CT molecular complexity index is 506. The van der Waals surface area contributed by atoms with Gasteiger partial charge in [-0.25, -0.2) is 9.50 Å². The molecule has 0 bridgehead atoms. The summed E-state index contributed by atoms with van der Waals surface area (Å²) in [4.78, 5) is 4.32. The number of rotatable bonds is 7. The third kappa shape index (κ3) is 2.79. The maximum absolute atomic E-state index is 5.59. The Morgan fingerprint density at radius 1 is 1.39 bits per heavy atom. The van der Waals surface area contributed by atoms with Gasteiger partial charge in [-0.05, 0) is 31.2 Å². The molecule has 1 fully saturated rings. The molecule has 5 nitrogen and oxygen atoms in total. The Balaban J connectivity index is 1.43. The molecule has 0 saturated heterocycles. The molecule has 2 aromatic rings. The van der Waals surface area contributed by atoms with Crippen molar-refractivity contribution in [3.8, 4) is 0 Å². The van der Waals surface area contributed by atoms with E-state index in [0.29, 0.717) is 0 Å². The molecule has 0 aromatic carbocycles. The highest BCUT2D eigenvalue weighted by Crippen LogP contribution is 2.28. The van der Waals surface area contributed by atoms with Crippen molar-refractivity contribution in [2.24, 2.45) is 5.92 Å². The van der Waals surface area contributed by atoms with Crippen LogP contribution >= 0.6 is 0 Å². The monoisotopic (exact) mass is 246 g/mol. The van der Waals surface area contributed by atoms with Crippen LogP contribution in [0.2, 0.25) is 0 Å². The highest BCUT2D eigenvalue weighted by molar-refractivity contribution is 5.66. The van der Waals surface area contributed by atoms with Crippen LogP contribution in [0.3, 0.4) is 0 Å². The van der Waals surface area contributed by atoms with E-state index in [9.17, 15) is 0 Å². The molecule has 0 radical (unpaired) electrons. The number of hydrogen-bond donors (Lipinski definition) is 1. The van der Waals surface area contributed by atoms with Gasteiger partial charge in [0.2, 0.25) is 0 Å². The third-order valence-electron chi connectivity index (χ3n) is 3.13. The summed E-state index contributed by atoms with van der Waals surface area (Å²) < 4.78 is 7.41. The smallest absolute Gasteiger partial charge is 0.152 e. The second kappa shape index (κ2) is 5.35. The van der Waals surface area contributed by atoms with Crippen LogP contribution in [0.15, 0.2) is 24.7 Å². The van der Waals surface area contributed by atoms with Gasteiger partial charge in [0, 0.05) is 32.2 Å². The molecule has 1 N–H and O–H groups in total. The summed E-state index contributed by atoms with van der Waals surface area (Å²) in [6.07, 6.45) is 9.09. The van der Waals surface area contributed by atoms with Crippen molar-refractivity contribution >= 4 is 11.3 Å². The van der Waals surface area contributed by atoms with E-state index in [0.717, 1.165) is 43.4 Å². The summed E-state index contributed by atoms with van der Waals surface area (Å²) in [6, 6.07) is 1.96. The average Bonchev–Trinajstić information content (AvgIpc) is 3.08. The molecule has 0 amide bonds. The minimum atomic E-state index is 0.825. The number of nitrogens with zero attached hydrogens (tertiary/aromatic N) is 3. The minimum absolute atomic E-state index is 0.825. The summed E-state index contributed by atoms with van der Waals surface area (Å²) in [7, 11) is 0. The summed E-state index contributed by atoms with van der Waals surface area (Å²) in [5.41, 5.74) is 1.01. The molecule has 0 atom stereocenters. The molecule has 18 heavy (non-hydrogen) atoms. The minimum Gasteiger partial charge on any atom is -0.381 e. The van der Waals surface area contributed by atoms with Crippen molar-refractivity contribution < 1.29 is 4.74 Å². The van der Waals surface area contributed by atoms with Gasteiger partial charge in [0.15, 0.2) is 5.82 Å². The predicted octanol–water partition coefficient (Wildman–Crippen LogP) is 1.96. The van der Waals surface area contributed by atoms with E-state index < -0.39 is 0 Å². The Labute approximate surface area is 106 Å². The number of nitrogens with one attached hydrogen (secondary N) is 1. The van der Waals surface area contributed by atoms with Crippen molar-refractivity contribution in [3.63, 3.8) is 0 Å². The zero-order valence-electron chi connectivity index (χ0n) is 10.4. The summed E-state index contributed by atoms with van der Waals surface area (Å²) in [5, 5.41) is 7.50. The second-order valence-electron chi connectivity index (χ2n) is 4.74. The van der Waals surface area contributed by atoms with Gasteiger partial charge in [-0.3, -0.25) is 0 Å². The lowest BCUT2D eigenvalue weighted by Crippen LogP contribution is -2.08. The maximum Gasteiger partial charge on any atom is 0.152 e. The standard InChI is InChI=1S/C13H18N4O/c1(9-18-10-11-2-3-11)5-14-13-12-4-6-16-17(12)8-7-15-13/h4,6-8,11H,1-3,5,9-10H2,(H,14,15). The van der Waals surface area contributed by atoms with Crippen LogP contribution in [0.4, 0.5) is 5.82 Å². The Morgan fingerprint density at radius 3 is 3.22 bits per heavy atom. The predicted molar refractivity (Wildman–Crippen MR) is 69.6 cm³/mol. The van der Waals surface area contributed by atoms with E-state index in [1.165, 1.54) is 12.8 Å². The molecule has 2 heterocycles. The summed E-state index contributed by atoms with van der Waals surface area (Å²) >= 11 is 0. The molecule has 3 rings (SSSR count). The molecule has 1 saturated carbocycles. The normalized spacial score (nSPS) is 15.1. The Kier molecular flexibility index (Phi) is 3.41. The molecule has 1 aliphatic carbocycles. The molecule has 0 unspecified atom stereocenters. The number of hydrogen-bond acceptors (Lipinski definition) is 4. The average molecular weight is 246 g/mol. The molecular formula is C13H18N4O. The van der Waals surface area contributed by atoms with Gasteiger partial charge in [-0.1, -0.05) is 0 Å². The van der Waals surface area contributed by atoms with Crippen LogP contribution < -0.4 is 5.32 Å². The van der Waals surface area contributed by atoms with E-state index in [1.54, 1.807) is 12.4 Å². The van der Waals surface area contributed by atoms with Crippen LogP contribution in [-0.2, 0) is 4.74 Å². The zero-order chi connectivity index (χ0) is 12.2. The van der Waals surface area contributed by atoms with Gasteiger partial charge in [-0.15, -0.1) is 0 Å². The first-order valence-electron chi connectivity index (χ1n) is 6.53. The maximum atomic E-state index is 5.59. The molecule has 0 spiro atoms. The van der Waals surface area contributed by atoms with E-state index in [2.05, 4.69) is 15.4 Å². The highest BCUT2D eigenvalue weighted by Gasteiger charge is 2.20. The first kappa shape index (κ1) is 11.5. The lowest BCUT2D eigenvalue weighted by atomic mass is 10.4. The Hall–Kier alpha value is -1.62. The number of fused-ring (bicyclic) bond motifs is 1. The molecule has 0 aliphatic heterocycles. The lowest BCUT2D eigenvalue weighted by molar-refractivity contribution is 0.124. The molecule has 96 valence electrons. The van der Waals surface area contributed by atoms with E-state index in [-0.39, 0.29) is 0 Å². The van der Waals surface area contributed by atoms with Crippen LogP contribution in [-0.4, -0.2) is 34.4 Å². The Morgan fingerprint density at radius 2 is 2.33 bits per heavy atom. The number of anilines is 1. The molecule has 2 aromatic heterocycles. The first-order valence-corrected chi connectivity index (χ1v) is 6.53. The third-order valence-corrected chi connectivity index (χ3v) is 3.13. The first-order chi connectivity index (χ1) is 8.93. The van der Waals surface area contributed by atoms with Crippen LogP contribution in [0.5, 0.6) is 0 Å². The van der Waals surface area contributed by atoms with E-state index in [1.807, 2.05) is 16.8 Å². The van der Waals surface area contributed by atoms with Crippen molar-refractivity contribution in [1.29, 1.82) is 0 Å². The summed E-state index contributed by atoms with van der Waals surface area (Å²) in [5.74, 6) is 1.73.